The van der Waals surface area contributed by atoms with E-state index in [2.05, 4.69) is 36.6 Å². The third kappa shape index (κ3) is 4.64. The molecule has 19 heavy (non-hydrogen) atoms. The molecule has 0 saturated heterocycles. The molecule has 0 spiro atoms. The minimum Gasteiger partial charge on any atom is -0.354 e. The van der Waals surface area contributed by atoms with Crippen LogP contribution in [0.1, 0.15) is 13.8 Å². The fourth-order valence-electron chi connectivity index (χ4n) is 1.39. The summed E-state index contributed by atoms with van der Waals surface area (Å²) in [7, 11) is 1.78. The molecule has 0 aromatic carbocycles. The fourth-order valence-corrected chi connectivity index (χ4v) is 2.01. The van der Waals surface area contributed by atoms with Gasteiger partial charge in [0.15, 0.2) is 5.82 Å². The second-order valence-corrected chi connectivity index (χ2v) is 5.35. The third-order valence-corrected chi connectivity index (χ3v) is 3.09. The summed E-state index contributed by atoms with van der Waals surface area (Å²) in [4.78, 5) is 21.6. The third-order valence-electron chi connectivity index (χ3n) is 2.36. The van der Waals surface area contributed by atoms with Crippen molar-refractivity contribution in [1.29, 1.82) is 0 Å². The van der Waals surface area contributed by atoms with Gasteiger partial charge >= 0.3 is 0 Å². The molecule has 1 aromatic heterocycles. The number of halogens is 1. The first-order valence-electron chi connectivity index (χ1n) is 5.90. The summed E-state index contributed by atoms with van der Waals surface area (Å²) in [5.74, 6) is 6.78. The van der Waals surface area contributed by atoms with Crippen LogP contribution in [0.3, 0.4) is 0 Å². The quantitative estimate of drug-likeness (QED) is 0.525. The Bertz CT molecular complexity index is 439. The van der Waals surface area contributed by atoms with Gasteiger partial charge in [0.1, 0.15) is 16.6 Å². The zero-order valence-corrected chi connectivity index (χ0v) is 12.9. The Morgan fingerprint density at radius 2 is 2.21 bits per heavy atom. The van der Waals surface area contributed by atoms with Crippen LogP contribution in [0.15, 0.2) is 10.8 Å². The number of nitrogens with zero attached hydrogens (tertiary/aromatic N) is 3. The number of carbonyl (C=O) groups is 1. The Balaban J connectivity index is 2.68. The predicted molar refractivity (Wildman–Crippen MR) is 78.7 cm³/mol. The van der Waals surface area contributed by atoms with Crippen molar-refractivity contribution in [2.24, 2.45) is 11.8 Å². The maximum absolute atomic E-state index is 11.7. The number of aromatic nitrogens is 2. The molecule has 106 valence electrons. The van der Waals surface area contributed by atoms with E-state index in [0.29, 0.717) is 28.6 Å². The summed E-state index contributed by atoms with van der Waals surface area (Å²) in [5.41, 5.74) is 2.46. The van der Waals surface area contributed by atoms with Crippen molar-refractivity contribution in [3.8, 4) is 0 Å². The van der Waals surface area contributed by atoms with Crippen molar-refractivity contribution in [2.75, 3.05) is 30.5 Å². The van der Waals surface area contributed by atoms with Gasteiger partial charge in [-0.05, 0) is 21.8 Å². The van der Waals surface area contributed by atoms with Crippen molar-refractivity contribution in [3.05, 3.63) is 10.8 Å². The van der Waals surface area contributed by atoms with Gasteiger partial charge in [0, 0.05) is 13.6 Å². The number of nitrogens with one attached hydrogen (secondary N) is 2. The van der Waals surface area contributed by atoms with Gasteiger partial charge in [0.25, 0.3) is 0 Å². The summed E-state index contributed by atoms with van der Waals surface area (Å²) in [6.07, 6.45) is 1.39. The number of carbonyl (C=O) groups excluding carboxylic acids is 1. The van der Waals surface area contributed by atoms with Crippen molar-refractivity contribution < 1.29 is 4.79 Å². The normalized spacial score (nSPS) is 10.4. The van der Waals surface area contributed by atoms with E-state index in [1.807, 2.05) is 13.8 Å². The Morgan fingerprint density at radius 3 is 2.79 bits per heavy atom. The lowest BCUT2D eigenvalue weighted by molar-refractivity contribution is -0.119. The van der Waals surface area contributed by atoms with Crippen LogP contribution in [0.25, 0.3) is 0 Å². The molecule has 0 saturated carbocycles. The molecule has 0 fully saturated rings. The molecule has 4 N–H and O–H groups in total. The molecule has 1 amide bonds. The van der Waals surface area contributed by atoms with Crippen LogP contribution >= 0.6 is 15.9 Å². The number of hydrogen-bond donors (Lipinski definition) is 3. The van der Waals surface area contributed by atoms with Crippen LogP contribution in [0.5, 0.6) is 0 Å². The van der Waals surface area contributed by atoms with Crippen LogP contribution in [-0.4, -0.2) is 36.0 Å². The van der Waals surface area contributed by atoms with Crippen molar-refractivity contribution in [2.45, 2.75) is 13.8 Å². The lowest BCUT2D eigenvalue weighted by atomic mass is 10.2. The van der Waals surface area contributed by atoms with Gasteiger partial charge in [-0.15, -0.1) is 0 Å². The van der Waals surface area contributed by atoms with Gasteiger partial charge in [-0.25, -0.2) is 15.8 Å². The molecule has 7 nitrogen and oxygen atoms in total. The summed E-state index contributed by atoms with van der Waals surface area (Å²) < 4.78 is 0.622. The minimum absolute atomic E-state index is 0.0519. The summed E-state index contributed by atoms with van der Waals surface area (Å²) >= 11 is 3.35. The molecule has 1 rings (SSSR count). The number of hydrogen-bond acceptors (Lipinski definition) is 6. The topological polar surface area (TPSA) is 96.2 Å². The molecule has 0 radical (unpaired) electrons. The number of anilines is 2. The molecule has 8 heteroatoms. The highest BCUT2D eigenvalue weighted by Crippen LogP contribution is 2.27. The summed E-state index contributed by atoms with van der Waals surface area (Å²) in [5, 5.41) is 2.85. The maximum atomic E-state index is 11.7. The lowest BCUT2D eigenvalue weighted by Gasteiger charge is -2.20. The second-order valence-electron chi connectivity index (χ2n) is 4.56. The van der Waals surface area contributed by atoms with E-state index in [4.69, 9.17) is 5.84 Å². The molecular formula is C11H19BrN6O. The number of nitrogens with two attached hydrogens (primary N) is 1. The molecule has 0 aliphatic rings. The molecule has 0 atom stereocenters. The zero-order valence-electron chi connectivity index (χ0n) is 11.3. The first-order chi connectivity index (χ1) is 8.95. The van der Waals surface area contributed by atoms with Gasteiger partial charge in [0.05, 0.1) is 6.54 Å². The molecule has 1 heterocycles. The molecule has 1 aromatic rings. The van der Waals surface area contributed by atoms with Gasteiger partial charge in [-0.1, -0.05) is 13.8 Å². The Labute approximate surface area is 121 Å². The number of likely N-dealkylation sites (N-methyl/N-ethyl adjacent to an activating group) is 1. The number of amides is 1. The van der Waals surface area contributed by atoms with Gasteiger partial charge in [0.2, 0.25) is 5.91 Å². The van der Waals surface area contributed by atoms with E-state index in [1.165, 1.54) is 6.33 Å². The summed E-state index contributed by atoms with van der Waals surface area (Å²) in [6.45, 7) is 4.97. The van der Waals surface area contributed by atoms with E-state index < -0.39 is 0 Å². The predicted octanol–water partition coefficient (Wildman–Crippen LogP) is 0.733. The molecule has 0 aliphatic heterocycles. The second kappa shape index (κ2) is 7.25. The highest BCUT2D eigenvalue weighted by molar-refractivity contribution is 9.10. The summed E-state index contributed by atoms with van der Waals surface area (Å²) in [6, 6.07) is 0. The number of rotatable bonds is 6. The molecule has 0 aliphatic carbocycles. The standard InChI is InChI=1S/C11H19BrN6O/c1-7(2)4-14-8(19)5-18(3)11-9(12)10(17-13)15-6-16-11/h6-7H,4-5,13H2,1-3H3,(H,14,19)(H,15,16,17). The minimum atomic E-state index is -0.0519. The van der Waals surface area contributed by atoms with E-state index in [-0.39, 0.29) is 12.5 Å². The van der Waals surface area contributed by atoms with Crippen LogP contribution in [0, 0.1) is 5.92 Å². The van der Waals surface area contributed by atoms with Crippen molar-refractivity contribution in [1.82, 2.24) is 15.3 Å². The first kappa shape index (κ1) is 15.6. The van der Waals surface area contributed by atoms with Gasteiger partial charge in [-0.2, -0.15) is 0 Å². The van der Waals surface area contributed by atoms with Crippen LogP contribution < -0.4 is 21.5 Å². The fraction of sp³-hybridized carbons (Fsp3) is 0.545. The van der Waals surface area contributed by atoms with E-state index in [1.54, 1.807) is 11.9 Å². The number of hydrazine groups is 1. The monoisotopic (exact) mass is 330 g/mol. The Hall–Kier alpha value is -1.41. The molecule has 0 unspecified atom stereocenters. The van der Waals surface area contributed by atoms with Crippen molar-refractivity contribution >= 4 is 33.5 Å². The maximum Gasteiger partial charge on any atom is 0.239 e. The average Bonchev–Trinajstić information content (AvgIpc) is 2.36. The van der Waals surface area contributed by atoms with Crippen molar-refractivity contribution in [3.63, 3.8) is 0 Å². The Morgan fingerprint density at radius 1 is 1.53 bits per heavy atom. The first-order valence-corrected chi connectivity index (χ1v) is 6.70. The highest BCUT2D eigenvalue weighted by atomic mass is 79.9. The van der Waals surface area contributed by atoms with Gasteiger partial charge in [-0.3, -0.25) is 4.79 Å². The van der Waals surface area contributed by atoms with E-state index in [9.17, 15) is 4.79 Å². The highest BCUT2D eigenvalue weighted by Gasteiger charge is 2.14. The SMILES string of the molecule is CC(C)CNC(=O)CN(C)c1ncnc(NN)c1Br. The largest absolute Gasteiger partial charge is 0.354 e. The van der Waals surface area contributed by atoms with Crippen LogP contribution in [0.4, 0.5) is 11.6 Å². The number of nitrogen functional groups attached to an aromatic ring is 1. The van der Waals surface area contributed by atoms with Crippen LogP contribution in [0.2, 0.25) is 0 Å². The average molecular weight is 331 g/mol. The van der Waals surface area contributed by atoms with E-state index >= 15 is 0 Å². The lowest BCUT2D eigenvalue weighted by Crippen LogP contribution is -2.37. The molecular weight excluding hydrogens is 312 g/mol. The van der Waals surface area contributed by atoms with Crippen LogP contribution in [-0.2, 0) is 4.79 Å². The zero-order chi connectivity index (χ0) is 14.4. The van der Waals surface area contributed by atoms with E-state index in [0.717, 1.165) is 0 Å². The Kier molecular flexibility index (Phi) is 5.97. The smallest absolute Gasteiger partial charge is 0.239 e. The molecule has 0 bridgehead atoms. The van der Waals surface area contributed by atoms with Gasteiger partial charge < -0.3 is 15.6 Å².